The molecule has 1 saturated carbocycles. The van der Waals surface area contributed by atoms with Crippen LogP contribution in [-0.4, -0.2) is 40.4 Å². The van der Waals surface area contributed by atoms with Gasteiger partial charge in [-0.15, -0.1) is 34.2 Å². The third kappa shape index (κ3) is 6.62. The van der Waals surface area contributed by atoms with Crippen LogP contribution in [0.25, 0.3) is 0 Å². The Morgan fingerprint density at radius 2 is 2.19 bits per heavy atom. The van der Waals surface area contributed by atoms with Crippen LogP contribution in [0.4, 0.5) is 0 Å². The van der Waals surface area contributed by atoms with E-state index in [4.69, 9.17) is 0 Å². The largest absolute Gasteiger partial charge is 0.357 e. The molecule has 2 N–H and O–H groups in total. The number of nitrogens with one attached hydrogen (secondary N) is 2. The second kappa shape index (κ2) is 9.97. The molecular formula is C14H27IN6. The molecule has 0 bridgehead atoms. The molecule has 1 aromatic rings. The van der Waals surface area contributed by atoms with Gasteiger partial charge < -0.3 is 15.2 Å². The molecule has 1 fully saturated rings. The lowest BCUT2D eigenvalue weighted by Crippen LogP contribution is -2.39. The molecule has 1 aliphatic carbocycles. The van der Waals surface area contributed by atoms with Crippen LogP contribution >= 0.6 is 24.0 Å². The van der Waals surface area contributed by atoms with E-state index < -0.39 is 0 Å². The summed E-state index contributed by atoms with van der Waals surface area (Å²) in [6, 6.07) is 0. The van der Waals surface area contributed by atoms with Crippen molar-refractivity contribution in [3.05, 3.63) is 12.2 Å². The summed E-state index contributed by atoms with van der Waals surface area (Å²) in [4.78, 5) is 4.61. The number of aromatic nitrogens is 3. The molecule has 0 spiro atoms. The van der Waals surface area contributed by atoms with E-state index in [1.165, 1.54) is 19.3 Å². The molecule has 120 valence electrons. The van der Waals surface area contributed by atoms with Crippen molar-refractivity contribution in [3.63, 3.8) is 0 Å². The van der Waals surface area contributed by atoms with Crippen molar-refractivity contribution in [1.82, 2.24) is 25.4 Å². The molecule has 0 saturated heterocycles. The summed E-state index contributed by atoms with van der Waals surface area (Å²) in [5.74, 6) is 2.88. The van der Waals surface area contributed by atoms with Crippen LogP contribution in [0.1, 0.15) is 38.9 Å². The first kappa shape index (κ1) is 18.2. The van der Waals surface area contributed by atoms with Crippen LogP contribution in [0.3, 0.4) is 0 Å². The molecule has 1 aromatic heterocycles. The molecule has 6 nitrogen and oxygen atoms in total. The first-order chi connectivity index (χ1) is 9.83. The molecule has 1 heterocycles. The molecule has 2 rings (SSSR count). The quantitative estimate of drug-likeness (QED) is 0.393. The molecule has 7 heteroatoms. The van der Waals surface area contributed by atoms with Crippen molar-refractivity contribution in [2.45, 2.75) is 46.1 Å². The van der Waals surface area contributed by atoms with Gasteiger partial charge in [0, 0.05) is 32.6 Å². The summed E-state index contributed by atoms with van der Waals surface area (Å²) in [5, 5.41) is 14.7. The van der Waals surface area contributed by atoms with Crippen molar-refractivity contribution >= 4 is 29.9 Å². The maximum atomic E-state index is 4.61. The maximum absolute atomic E-state index is 4.61. The lowest BCUT2D eigenvalue weighted by molar-refractivity contribution is 0.631. The molecule has 0 amide bonds. The highest BCUT2D eigenvalue weighted by Gasteiger charge is 2.20. The smallest absolute Gasteiger partial charge is 0.191 e. The number of rotatable bonds is 8. The van der Waals surface area contributed by atoms with E-state index >= 15 is 0 Å². The lowest BCUT2D eigenvalue weighted by atomic mass is 10.3. The van der Waals surface area contributed by atoms with Crippen LogP contribution < -0.4 is 10.6 Å². The zero-order valence-corrected chi connectivity index (χ0v) is 15.3. The molecule has 0 aromatic carbocycles. The topological polar surface area (TPSA) is 67.1 Å². The van der Waals surface area contributed by atoms with Crippen LogP contribution in [0.2, 0.25) is 0 Å². The minimum Gasteiger partial charge on any atom is -0.357 e. The Bertz CT molecular complexity index is 427. The number of aliphatic imine (C=N–C) groups is 1. The van der Waals surface area contributed by atoms with E-state index in [0.717, 1.165) is 50.3 Å². The number of guanidine groups is 1. The van der Waals surface area contributed by atoms with Crippen molar-refractivity contribution in [1.29, 1.82) is 0 Å². The number of nitrogens with zero attached hydrogens (tertiary/aromatic N) is 4. The summed E-state index contributed by atoms with van der Waals surface area (Å²) >= 11 is 0. The fourth-order valence-electron chi connectivity index (χ4n) is 2.14. The molecule has 0 aliphatic heterocycles. The van der Waals surface area contributed by atoms with Crippen molar-refractivity contribution < 1.29 is 0 Å². The van der Waals surface area contributed by atoms with E-state index in [1.807, 2.05) is 0 Å². The predicted octanol–water partition coefficient (Wildman–Crippen LogP) is 1.81. The molecule has 21 heavy (non-hydrogen) atoms. The normalized spacial score (nSPS) is 14.7. The highest BCUT2D eigenvalue weighted by molar-refractivity contribution is 14.0. The van der Waals surface area contributed by atoms with Crippen molar-refractivity contribution in [3.8, 4) is 0 Å². The van der Waals surface area contributed by atoms with Crippen LogP contribution in [0.15, 0.2) is 11.3 Å². The van der Waals surface area contributed by atoms with E-state index in [9.17, 15) is 0 Å². The second-order valence-corrected chi connectivity index (χ2v) is 5.21. The molecule has 0 unspecified atom stereocenters. The van der Waals surface area contributed by atoms with Gasteiger partial charge in [-0.1, -0.05) is 19.8 Å². The van der Waals surface area contributed by atoms with Crippen molar-refractivity contribution in [2.75, 3.05) is 19.6 Å². The van der Waals surface area contributed by atoms with E-state index in [-0.39, 0.29) is 24.0 Å². The van der Waals surface area contributed by atoms with Gasteiger partial charge in [-0.25, -0.2) is 0 Å². The third-order valence-electron chi connectivity index (χ3n) is 3.51. The fourth-order valence-corrected chi connectivity index (χ4v) is 2.14. The number of halogens is 1. The number of hydrogen-bond donors (Lipinski definition) is 2. The summed E-state index contributed by atoms with van der Waals surface area (Å²) < 4.78 is 2.08. The molecule has 0 radical (unpaired) electrons. The molecule has 1 aliphatic rings. The Balaban J connectivity index is 0.00000220. The Labute approximate surface area is 144 Å². The van der Waals surface area contributed by atoms with Gasteiger partial charge in [-0.3, -0.25) is 4.99 Å². The number of hydrogen-bond acceptors (Lipinski definition) is 3. The zero-order valence-electron chi connectivity index (χ0n) is 13.0. The van der Waals surface area contributed by atoms with Crippen LogP contribution in [0, 0.1) is 5.92 Å². The van der Waals surface area contributed by atoms with E-state index in [1.54, 1.807) is 6.33 Å². The van der Waals surface area contributed by atoms with Gasteiger partial charge in [0.1, 0.15) is 12.2 Å². The van der Waals surface area contributed by atoms with Gasteiger partial charge in [-0.2, -0.15) is 0 Å². The van der Waals surface area contributed by atoms with Crippen LogP contribution in [0.5, 0.6) is 0 Å². The summed E-state index contributed by atoms with van der Waals surface area (Å²) in [7, 11) is 0. The fraction of sp³-hybridized carbons (Fsp3) is 0.786. The van der Waals surface area contributed by atoms with Gasteiger partial charge in [0.25, 0.3) is 0 Å². The highest BCUT2D eigenvalue weighted by Crippen LogP contribution is 2.32. The van der Waals surface area contributed by atoms with Gasteiger partial charge in [0.2, 0.25) is 0 Å². The van der Waals surface area contributed by atoms with E-state index in [0.29, 0.717) is 0 Å². The third-order valence-corrected chi connectivity index (χ3v) is 3.51. The Morgan fingerprint density at radius 3 is 2.86 bits per heavy atom. The minimum absolute atomic E-state index is 0. The second-order valence-electron chi connectivity index (χ2n) is 5.21. The van der Waals surface area contributed by atoms with Gasteiger partial charge in [0.15, 0.2) is 5.96 Å². The standard InChI is InChI=1S/C14H26N6.HI/c1-3-13-19-18-11-20(13)10-9-17-14(15-4-2)16-8-7-12-5-6-12;/h11-12H,3-10H2,1-2H3,(H2,15,16,17);1H. The first-order valence-electron chi connectivity index (χ1n) is 7.72. The maximum Gasteiger partial charge on any atom is 0.191 e. The Hall–Kier alpha value is -0.860. The average molecular weight is 406 g/mol. The van der Waals surface area contributed by atoms with Gasteiger partial charge >= 0.3 is 0 Å². The van der Waals surface area contributed by atoms with E-state index in [2.05, 4.69) is 44.2 Å². The Kier molecular flexibility index (Phi) is 8.63. The predicted molar refractivity (Wildman–Crippen MR) is 96.1 cm³/mol. The Morgan fingerprint density at radius 1 is 1.38 bits per heavy atom. The van der Waals surface area contributed by atoms with Crippen LogP contribution in [-0.2, 0) is 13.0 Å². The molecular weight excluding hydrogens is 379 g/mol. The monoisotopic (exact) mass is 406 g/mol. The first-order valence-corrected chi connectivity index (χ1v) is 7.72. The average Bonchev–Trinajstić information content (AvgIpc) is 3.16. The highest BCUT2D eigenvalue weighted by atomic mass is 127. The van der Waals surface area contributed by atoms with Gasteiger partial charge in [-0.05, 0) is 19.3 Å². The summed E-state index contributed by atoms with van der Waals surface area (Å²) in [5.41, 5.74) is 0. The summed E-state index contributed by atoms with van der Waals surface area (Å²) in [6.07, 6.45) is 6.72. The lowest BCUT2D eigenvalue weighted by Gasteiger charge is -2.12. The number of aryl methyl sites for hydroxylation is 1. The van der Waals surface area contributed by atoms with Crippen molar-refractivity contribution in [2.24, 2.45) is 10.9 Å². The SMILES string of the molecule is CCNC(=NCCC1CC1)NCCn1cnnc1CC.I. The summed E-state index contributed by atoms with van der Waals surface area (Å²) in [6.45, 7) is 7.70. The zero-order chi connectivity index (χ0) is 14.2. The molecule has 0 atom stereocenters. The van der Waals surface area contributed by atoms with Gasteiger partial charge in [0.05, 0.1) is 0 Å². The minimum atomic E-state index is 0.